The molecular weight excluding hydrogens is 344 g/mol. The van der Waals surface area contributed by atoms with Gasteiger partial charge in [-0.25, -0.2) is 9.50 Å². The smallest absolute Gasteiger partial charge is 0.161 e. The molecule has 0 radical (unpaired) electrons. The number of benzene rings is 1. The minimum atomic E-state index is -0.163. The van der Waals surface area contributed by atoms with E-state index in [2.05, 4.69) is 10.3 Å². The summed E-state index contributed by atoms with van der Waals surface area (Å²) >= 11 is 0. The number of fused-ring (bicyclic) bond motifs is 1. The maximum atomic E-state index is 9.67. The van der Waals surface area contributed by atoms with Gasteiger partial charge in [0.25, 0.3) is 0 Å². The topological polar surface area (TPSA) is 80.9 Å². The molecule has 2 N–H and O–H groups in total. The van der Waals surface area contributed by atoms with E-state index >= 15 is 0 Å². The summed E-state index contributed by atoms with van der Waals surface area (Å²) in [7, 11) is 3.24. The molecule has 0 amide bonds. The first-order valence-electron chi connectivity index (χ1n) is 9.19. The van der Waals surface area contributed by atoms with E-state index in [1.165, 1.54) is 0 Å². The molecule has 2 heterocycles. The molecule has 0 saturated heterocycles. The van der Waals surface area contributed by atoms with E-state index in [1.54, 1.807) is 14.2 Å². The predicted octanol–water partition coefficient (Wildman–Crippen LogP) is 3.13. The van der Waals surface area contributed by atoms with Gasteiger partial charge in [-0.15, -0.1) is 5.10 Å². The highest BCUT2D eigenvalue weighted by atomic mass is 16.5. The number of anilines is 1. The second kappa shape index (κ2) is 7.44. The second-order valence-electron chi connectivity index (χ2n) is 6.85. The Morgan fingerprint density at radius 3 is 2.56 bits per heavy atom. The van der Waals surface area contributed by atoms with Crippen LogP contribution >= 0.6 is 0 Å². The highest BCUT2D eigenvalue weighted by molar-refractivity contribution is 5.67. The Morgan fingerprint density at radius 1 is 1.04 bits per heavy atom. The molecule has 1 aliphatic carbocycles. The SMILES string of the molecule is COc1ccc(-c2cnc3ccc(N[C@H]4CC[C@H](O)CC4)nn23)cc1OC. The summed E-state index contributed by atoms with van der Waals surface area (Å²) in [6, 6.07) is 10.0. The van der Waals surface area contributed by atoms with Crippen molar-refractivity contribution in [1.29, 1.82) is 0 Å². The van der Waals surface area contributed by atoms with Crippen LogP contribution in [0.4, 0.5) is 5.82 Å². The zero-order chi connectivity index (χ0) is 18.8. The zero-order valence-electron chi connectivity index (χ0n) is 15.6. The van der Waals surface area contributed by atoms with E-state index in [4.69, 9.17) is 14.6 Å². The average Bonchev–Trinajstić information content (AvgIpc) is 3.12. The normalized spacial score (nSPS) is 19.8. The lowest BCUT2D eigenvalue weighted by molar-refractivity contribution is 0.126. The van der Waals surface area contributed by atoms with Crippen LogP contribution in [0.2, 0.25) is 0 Å². The maximum Gasteiger partial charge on any atom is 0.161 e. The molecule has 7 nitrogen and oxygen atoms in total. The average molecular weight is 368 g/mol. The Labute approximate surface area is 157 Å². The molecule has 0 aliphatic heterocycles. The summed E-state index contributed by atoms with van der Waals surface area (Å²) in [6.45, 7) is 0. The first kappa shape index (κ1) is 17.6. The van der Waals surface area contributed by atoms with Gasteiger partial charge in [0, 0.05) is 11.6 Å². The van der Waals surface area contributed by atoms with Gasteiger partial charge in [0.1, 0.15) is 5.82 Å². The fourth-order valence-corrected chi connectivity index (χ4v) is 3.57. The minimum absolute atomic E-state index is 0.163. The van der Waals surface area contributed by atoms with Crippen LogP contribution in [0.3, 0.4) is 0 Å². The number of nitrogens with one attached hydrogen (secondary N) is 1. The number of aliphatic hydroxyl groups is 1. The molecule has 1 aromatic carbocycles. The standard InChI is InChI=1S/C20H24N4O3/c1-26-17-8-3-13(11-18(17)27-2)16-12-21-20-10-9-19(23-24(16)20)22-14-4-6-15(25)7-5-14/h3,8-12,14-15,25H,4-7H2,1-2H3,(H,22,23)/t14-,15-. The highest BCUT2D eigenvalue weighted by Crippen LogP contribution is 2.32. The summed E-state index contributed by atoms with van der Waals surface area (Å²) in [5.74, 6) is 2.16. The number of hydrogen-bond acceptors (Lipinski definition) is 6. The van der Waals surface area contributed by atoms with Gasteiger partial charge in [-0.3, -0.25) is 0 Å². The van der Waals surface area contributed by atoms with Crippen LogP contribution in [0.15, 0.2) is 36.5 Å². The van der Waals surface area contributed by atoms with E-state index in [9.17, 15) is 5.11 Å². The van der Waals surface area contributed by atoms with Crippen LogP contribution in [0.1, 0.15) is 25.7 Å². The quantitative estimate of drug-likeness (QED) is 0.720. The van der Waals surface area contributed by atoms with Crippen molar-refractivity contribution in [2.75, 3.05) is 19.5 Å². The summed E-state index contributed by atoms with van der Waals surface area (Å²) in [6.07, 6.45) is 5.22. The van der Waals surface area contributed by atoms with Crippen molar-refractivity contribution in [3.05, 3.63) is 36.5 Å². The van der Waals surface area contributed by atoms with Crippen LogP contribution in [0.25, 0.3) is 16.9 Å². The van der Waals surface area contributed by atoms with Crippen molar-refractivity contribution in [2.24, 2.45) is 0 Å². The van der Waals surface area contributed by atoms with Crippen molar-refractivity contribution in [1.82, 2.24) is 14.6 Å². The Morgan fingerprint density at radius 2 is 1.81 bits per heavy atom. The predicted molar refractivity (Wildman–Crippen MR) is 103 cm³/mol. The van der Waals surface area contributed by atoms with Crippen molar-refractivity contribution in [2.45, 2.75) is 37.8 Å². The molecule has 1 saturated carbocycles. The number of ether oxygens (including phenoxy) is 2. The molecule has 2 aromatic heterocycles. The van der Waals surface area contributed by atoms with Crippen molar-refractivity contribution in [3.63, 3.8) is 0 Å². The van der Waals surface area contributed by atoms with E-state index in [0.29, 0.717) is 17.5 Å². The lowest BCUT2D eigenvalue weighted by atomic mass is 9.93. The summed E-state index contributed by atoms with van der Waals surface area (Å²) in [5, 5.41) is 17.9. The number of aliphatic hydroxyl groups excluding tert-OH is 1. The lowest BCUT2D eigenvalue weighted by Gasteiger charge is -2.26. The highest BCUT2D eigenvalue weighted by Gasteiger charge is 2.20. The van der Waals surface area contributed by atoms with E-state index < -0.39 is 0 Å². The zero-order valence-corrected chi connectivity index (χ0v) is 15.6. The van der Waals surface area contributed by atoms with Gasteiger partial charge >= 0.3 is 0 Å². The molecule has 1 fully saturated rings. The lowest BCUT2D eigenvalue weighted by Crippen LogP contribution is -2.28. The third-order valence-corrected chi connectivity index (χ3v) is 5.09. The second-order valence-corrected chi connectivity index (χ2v) is 6.85. The first-order valence-corrected chi connectivity index (χ1v) is 9.19. The van der Waals surface area contributed by atoms with Gasteiger partial charge in [-0.05, 0) is 56.0 Å². The molecule has 4 rings (SSSR count). The molecule has 0 spiro atoms. The summed E-state index contributed by atoms with van der Waals surface area (Å²) in [4.78, 5) is 4.46. The van der Waals surface area contributed by atoms with Crippen LogP contribution in [-0.4, -0.2) is 46.1 Å². The monoisotopic (exact) mass is 368 g/mol. The number of aromatic nitrogens is 3. The number of imidazole rings is 1. The first-order chi connectivity index (χ1) is 13.2. The Bertz CT molecular complexity index is 932. The van der Waals surface area contributed by atoms with Gasteiger partial charge in [0.05, 0.1) is 32.2 Å². The molecule has 3 aromatic rings. The van der Waals surface area contributed by atoms with Crippen molar-refractivity contribution < 1.29 is 14.6 Å². The minimum Gasteiger partial charge on any atom is -0.493 e. The van der Waals surface area contributed by atoms with Gasteiger partial charge < -0.3 is 19.9 Å². The molecule has 1 aliphatic rings. The van der Waals surface area contributed by atoms with Crippen LogP contribution in [0, 0.1) is 0 Å². The number of rotatable bonds is 5. The van der Waals surface area contributed by atoms with E-state index in [1.807, 2.05) is 41.0 Å². The van der Waals surface area contributed by atoms with E-state index in [-0.39, 0.29) is 6.10 Å². The number of nitrogens with zero attached hydrogens (tertiary/aromatic N) is 3. The molecule has 27 heavy (non-hydrogen) atoms. The molecule has 7 heteroatoms. The third kappa shape index (κ3) is 3.55. The Hall–Kier alpha value is -2.80. The Kier molecular flexibility index (Phi) is 4.85. The molecule has 0 bridgehead atoms. The van der Waals surface area contributed by atoms with Gasteiger partial charge in [0.2, 0.25) is 0 Å². The largest absolute Gasteiger partial charge is 0.493 e. The number of methoxy groups -OCH3 is 2. The van der Waals surface area contributed by atoms with E-state index in [0.717, 1.165) is 48.4 Å². The van der Waals surface area contributed by atoms with Crippen molar-refractivity contribution in [3.8, 4) is 22.8 Å². The third-order valence-electron chi connectivity index (χ3n) is 5.09. The van der Waals surface area contributed by atoms with Crippen molar-refractivity contribution >= 4 is 11.5 Å². The fourth-order valence-electron chi connectivity index (χ4n) is 3.57. The molecular formula is C20H24N4O3. The van der Waals surface area contributed by atoms with Gasteiger partial charge in [0.15, 0.2) is 17.1 Å². The molecule has 142 valence electrons. The molecule has 0 atom stereocenters. The van der Waals surface area contributed by atoms with Crippen LogP contribution in [-0.2, 0) is 0 Å². The fraction of sp³-hybridized carbons (Fsp3) is 0.400. The van der Waals surface area contributed by atoms with Gasteiger partial charge in [-0.2, -0.15) is 0 Å². The van der Waals surface area contributed by atoms with Crippen LogP contribution in [0.5, 0.6) is 11.5 Å². The number of hydrogen-bond donors (Lipinski definition) is 2. The maximum absolute atomic E-state index is 9.67. The van der Waals surface area contributed by atoms with Crippen LogP contribution < -0.4 is 14.8 Å². The Balaban J connectivity index is 1.64. The van der Waals surface area contributed by atoms with Gasteiger partial charge in [-0.1, -0.05) is 0 Å². The summed E-state index contributed by atoms with van der Waals surface area (Å²) < 4.78 is 12.6. The summed E-state index contributed by atoms with van der Waals surface area (Å²) in [5.41, 5.74) is 2.61. The molecule has 0 unspecified atom stereocenters.